The van der Waals surface area contributed by atoms with Crippen LogP contribution < -0.4 is 19.8 Å². The maximum Gasteiger partial charge on any atom is 0.383 e. The van der Waals surface area contributed by atoms with Crippen LogP contribution in [0.3, 0.4) is 0 Å². The van der Waals surface area contributed by atoms with Crippen molar-refractivity contribution in [3.8, 4) is 17.2 Å². The Morgan fingerprint density at radius 2 is 1.67 bits per heavy atom. The standard InChI is InChI=1S/C16H20O5/c1-9(2)19-12-8-6-7-11-13(12)21-16(17)15(18-5)14(11)20-10(3)4/h6-10H,1-5H3. The van der Waals surface area contributed by atoms with Crippen molar-refractivity contribution in [2.45, 2.75) is 39.9 Å². The van der Waals surface area contributed by atoms with E-state index in [0.29, 0.717) is 22.5 Å². The Morgan fingerprint density at radius 3 is 2.24 bits per heavy atom. The van der Waals surface area contributed by atoms with Gasteiger partial charge in [-0.2, -0.15) is 0 Å². The summed E-state index contributed by atoms with van der Waals surface area (Å²) in [6.07, 6.45) is -0.129. The molecule has 0 saturated carbocycles. The highest BCUT2D eigenvalue weighted by Gasteiger charge is 2.20. The van der Waals surface area contributed by atoms with E-state index in [1.165, 1.54) is 7.11 Å². The molecule has 0 amide bonds. The van der Waals surface area contributed by atoms with E-state index in [1.54, 1.807) is 6.07 Å². The molecular weight excluding hydrogens is 272 g/mol. The van der Waals surface area contributed by atoms with Crippen LogP contribution in [0.25, 0.3) is 11.0 Å². The summed E-state index contributed by atoms with van der Waals surface area (Å²) in [6.45, 7) is 7.58. The molecular formula is C16H20O5. The van der Waals surface area contributed by atoms with Gasteiger partial charge in [-0.25, -0.2) is 4.79 Å². The first-order chi connectivity index (χ1) is 9.93. The Bertz CT molecular complexity index is 685. The minimum Gasteiger partial charge on any atom is -0.487 e. The lowest BCUT2D eigenvalue weighted by Gasteiger charge is -2.16. The molecule has 0 aliphatic carbocycles. The maximum absolute atomic E-state index is 12.1. The Balaban J connectivity index is 2.75. The SMILES string of the molecule is COc1c(OC(C)C)c2cccc(OC(C)C)c2oc1=O. The van der Waals surface area contributed by atoms with Crippen LogP contribution in [0, 0.1) is 0 Å². The molecule has 5 nitrogen and oxygen atoms in total. The second-order valence-electron chi connectivity index (χ2n) is 5.22. The lowest BCUT2D eigenvalue weighted by atomic mass is 10.2. The van der Waals surface area contributed by atoms with Gasteiger partial charge < -0.3 is 18.6 Å². The van der Waals surface area contributed by atoms with E-state index in [1.807, 2.05) is 39.8 Å². The highest BCUT2D eigenvalue weighted by Crippen LogP contribution is 2.37. The molecule has 0 radical (unpaired) electrons. The molecule has 1 aromatic heterocycles. The highest BCUT2D eigenvalue weighted by molar-refractivity contribution is 5.89. The zero-order chi connectivity index (χ0) is 15.6. The van der Waals surface area contributed by atoms with E-state index < -0.39 is 5.63 Å². The molecule has 0 unspecified atom stereocenters. The van der Waals surface area contributed by atoms with Crippen molar-refractivity contribution in [3.05, 3.63) is 28.6 Å². The van der Waals surface area contributed by atoms with Crippen molar-refractivity contribution in [2.75, 3.05) is 7.11 Å². The summed E-state index contributed by atoms with van der Waals surface area (Å²) in [6, 6.07) is 5.40. The van der Waals surface area contributed by atoms with Gasteiger partial charge in [0, 0.05) is 0 Å². The summed E-state index contributed by atoms with van der Waals surface area (Å²) in [4.78, 5) is 12.1. The van der Waals surface area contributed by atoms with Crippen LogP contribution in [-0.4, -0.2) is 19.3 Å². The number of rotatable bonds is 5. The summed E-state index contributed by atoms with van der Waals surface area (Å²) in [5.41, 5.74) is -0.215. The molecule has 21 heavy (non-hydrogen) atoms. The van der Waals surface area contributed by atoms with Gasteiger partial charge in [0.2, 0.25) is 5.75 Å². The van der Waals surface area contributed by atoms with Crippen LogP contribution in [0.1, 0.15) is 27.7 Å². The van der Waals surface area contributed by atoms with Gasteiger partial charge in [-0.1, -0.05) is 6.07 Å². The van der Waals surface area contributed by atoms with Crippen molar-refractivity contribution in [3.63, 3.8) is 0 Å². The van der Waals surface area contributed by atoms with E-state index >= 15 is 0 Å². The minimum absolute atomic E-state index is 0.0301. The van der Waals surface area contributed by atoms with Gasteiger partial charge in [0.15, 0.2) is 17.1 Å². The molecule has 1 heterocycles. The van der Waals surface area contributed by atoms with E-state index in [-0.39, 0.29) is 18.0 Å². The van der Waals surface area contributed by atoms with Gasteiger partial charge >= 0.3 is 5.63 Å². The van der Waals surface area contributed by atoms with Crippen molar-refractivity contribution in [2.24, 2.45) is 0 Å². The molecule has 5 heteroatoms. The Hall–Kier alpha value is -2.17. The monoisotopic (exact) mass is 292 g/mol. The van der Waals surface area contributed by atoms with E-state index in [9.17, 15) is 4.79 Å². The van der Waals surface area contributed by atoms with Crippen LogP contribution in [-0.2, 0) is 0 Å². The topological polar surface area (TPSA) is 57.9 Å². The van der Waals surface area contributed by atoms with Gasteiger partial charge in [-0.3, -0.25) is 0 Å². The first-order valence-electron chi connectivity index (χ1n) is 6.91. The third kappa shape index (κ3) is 3.12. The quantitative estimate of drug-likeness (QED) is 0.791. The Labute approximate surface area is 123 Å². The number of benzene rings is 1. The largest absolute Gasteiger partial charge is 0.487 e. The summed E-state index contributed by atoms with van der Waals surface area (Å²) >= 11 is 0. The smallest absolute Gasteiger partial charge is 0.383 e. The third-order valence-electron chi connectivity index (χ3n) is 2.73. The molecule has 0 spiro atoms. The molecule has 0 aliphatic heterocycles. The van der Waals surface area contributed by atoms with Crippen LogP contribution in [0.5, 0.6) is 17.2 Å². The number of ether oxygens (including phenoxy) is 3. The normalized spacial score (nSPS) is 11.2. The summed E-state index contributed by atoms with van der Waals surface area (Å²) in [5.74, 6) is 0.960. The minimum atomic E-state index is -0.583. The molecule has 0 saturated heterocycles. The van der Waals surface area contributed by atoms with Crippen molar-refractivity contribution in [1.82, 2.24) is 0 Å². The van der Waals surface area contributed by atoms with E-state index in [2.05, 4.69) is 0 Å². The average Bonchev–Trinajstić information content (AvgIpc) is 2.39. The molecule has 2 rings (SSSR count). The van der Waals surface area contributed by atoms with E-state index in [0.717, 1.165) is 0 Å². The van der Waals surface area contributed by atoms with Crippen LogP contribution >= 0.6 is 0 Å². The fourth-order valence-electron chi connectivity index (χ4n) is 2.03. The summed E-state index contributed by atoms with van der Waals surface area (Å²) in [5, 5.41) is 0.651. The fourth-order valence-corrected chi connectivity index (χ4v) is 2.03. The molecule has 0 bridgehead atoms. The number of hydrogen-bond acceptors (Lipinski definition) is 5. The molecule has 0 aliphatic rings. The summed E-state index contributed by atoms with van der Waals surface area (Å²) in [7, 11) is 1.42. The second-order valence-corrected chi connectivity index (χ2v) is 5.22. The lowest BCUT2D eigenvalue weighted by Crippen LogP contribution is -2.13. The van der Waals surface area contributed by atoms with Crippen LogP contribution in [0.2, 0.25) is 0 Å². The third-order valence-corrected chi connectivity index (χ3v) is 2.73. The first-order valence-corrected chi connectivity index (χ1v) is 6.91. The average molecular weight is 292 g/mol. The predicted molar refractivity (Wildman–Crippen MR) is 80.6 cm³/mol. The van der Waals surface area contributed by atoms with Crippen molar-refractivity contribution >= 4 is 11.0 Å². The van der Waals surface area contributed by atoms with Crippen molar-refractivity contribution < 1.29 is 18.6 Å². The fraction of sp³-hybridized carbons (Fsp3) is 0.438. The number of para-hydroxylation sites is 1. The molecule has 0 N–H and O–H groups in total. The second kappa shape index (κ2) is 6.08. The lowest BCUT2D eigenvalue weighted by molar-refractivity contribution is 0.226. The zero-order valence-electron chi connectivity index (χ0n) is 12.9. The first kappa shape index (κ1) is 15.2. The van der Waals surface area contributed by atoms with Gasteiger partial charge in [0.05, 0.1) is 24.7 Å². The molecule has 1 aromatic carbocycles. The van der Waals surface area contributed by atoms with Crippen LogP contribution in [0.15, 0.2) is 27.4 Å². The Morgan fingerprint density at radius 1 is 1.00 bits per heavy atom. The zero-order valence-corrected chi connectivity index (χ0v) is 12.9. The molecule has 2 aromatic rings. The number of methoxy groups -OCH3 is 1. The number of fused-ring (bicyclic) bond motifs is 1. The van der Waals surface area contributed by atoms with E-state index in [4.69, 9.17) is 18.6 Å². The van der Waals surface area contributed by atoms with Gasteiger partial charge in [-0.15, -0.1) is 0 Å². The van der Waals surface area contributed by atoms with Gasteiger partial charge in [0.1, 0.15) is 0 Å². The molecule has 0 fully saturated rings. The van der Waals surface area contributed by atoms with Gasteiger partial charge in [0.25, 0.3) is 0 Å². The molecule has 114 valence electrons. The highest BCUT2D eigenvalue weighted by atomic mass is 16.5. The van der Waals surface area contributed by atoms with Crippen LogP contribution in [0.4, 0.5) is 0 Å². The summed E-state index contributed by atoms with van der Waals surface area (Å²) < 4.78 is 21.9. The number of hydrogen-bond donors (Lipinski definition) is 0. The van der Waals surface area contributed by atoms with Gasteiger partial charge in [-0.05, 0) is 39.8 Å². The Kier molecular flexibility index (Phi) is 4.40. The van der Waals surface area contributed by atoms with Crippen molar-refractivity contribution in [1.29, 1.82) is 0 Å². The molecule has 0 atom stereocenters. The maximum atomic E-state index is 12.1. The predicted octanol–water partition coefficient (Wildman–Crippen LogP) is 3.38.